The molecule has 0 fully saturated rings. The summed E-state index contributed by atoms with van der Waals surface area (Å²) >= 11 is 0. The number of aromatic amines is 1. The van der Waals surface area contributed by atoms with Gasteiger partial charge in [0.05, 0.1) is 21.3 Å². The van der Waals surface area contributed by atoms with Crippen molar-refractivity contribution in [2.24, 2.45) is 0 Å². The maximum atomic E-state index is 5.31. The molecule has 0 aliphatic rings. The second-order valence-electron chi connectivity index (χ2n) is 3.99. The van der Waals surface area contributed by atoms with E-state index < -0.39 is 0 Å². The SMILES string of the molecule is COc1cc(NCc2cc[nH]c2)cc(OC)c1OC. The van der Waals surface area contributed by atoms with Crippen LogP contribution in [0.2, 0.25) is 0 Å². The Bertz CT molecular complexity index is 498. The number of benzene rings is 1. The van der Waals surface area contributed by atoms with Crippen molar-refractivity contribution in [1.29, 1.82) is 0 Å². The molecule has 0 atom stereocenters. The minimum atomic E-state index is 0.595. The van der Waals surface area contributed by atoms with Crippen LogP contribution in [0.15, 0.2) is 30.6 Å². The Morgan fingerprint density at radius 1 is 1.05 bits per heavy atom. The Balaban J connectivity index is 2.20. The number of rotatable bonds is 6. The summed E-state index contributed by atoms with van der Waals surface area (Å²) in [6, 6.07) is 5.78. The highest BCUT2D eigenvalue weighted by atomic mass is 16.5. The normalized spacial score (nSPS) is 10.1. The van der Waals surface area contributed by atoms with Gasteiger partial charge in [0, 0.05) is 36.8 Å². The van der Waals surface area contributed by atoms with Gasteiger partial charge < -0.3 is 24.5 Å². The lowest BCUT2D eigenvalue weighted by Gasteiger charge is -2.14. The van der Waals surface area contributed by atoms with E-state index in [9.17, 15) is 0 Å². The molecule has 0 saturated heterocycles. The molecule has 0 aliphatic carbocycles. The van der Waals surface area contributed by atoms with Crippen molar-refractivity contribution >= 4 is 5.69 Å². The van der Waals surface area contributed by atoms with E-state index in [1.165, 1.54) is 5.56 Å². The highest BCUT2D eigenvalue weighted by molar-refractivity contribution is 5.62. The standard InChI is InChI=1S/C14H18N2O3/c1-17-12-6-11(7-13(18-2)14(12)19-3)16-9-10-4-5-15-8-10/h4-8,15-16H,9H2,1-3H3. The largest absolute Gasteiger partial charge is 0.493 e. The number of anilines is 1. The van der Waals surface area contributed by atoms with E-state index in [-0.39, 0.29) is 0 Å². The molecule has 0 unspecified atom stereocenters. The number of hydrogen-bond acceptors (Lipinski definition) is 4. The summed E-state index contributed by atoms with van der Waals surface area (Å²) in [5, 5.41) is 3.31. The molecule has 2 N–H and O–H groups in total. The van der Waals surface area contributed by atoms with Crippen LogP contribution < -0.4 is 19.5 Å². The fourth-order valence-corrected chi connectivity index (χ4v) is 1.86. The second kappa shape index (κ2) is 6.04. The molecule has 0 amide bonds. The molecule has 0 bridgehead atoms. The molecule has 0 spiro atoms. The molecule has 19 heavy (non-hydrogen) atoms. The zero-order valence-electron chi connectivity index (χ0n) is 11.3. The molecule has 1 heterocycles. The lowest BCUT2D eigenvalue weighted by Crippen LogP contribution is -2.01. The van der Waals surface area contributed by atoms with Gasteiger partial charge >= 0.3 is 0 Å². The molecule has 1 aromatic carbocycles. The van der Waals surface area contributed by atoms with Crippen molar-refractivity contribution in [2.75, 3.05) is 26.6 Å². The summed E-state index contributed by atoms with van der Waals surface area (Å²) in [5.41, 5.74) is 2.09. The average Bonchev–Trinajstić information content (AvgIpc) is 2.97. The van der Waals surface area contributed by atoms with Crippen molar-refractivity contribution in [3.8, 4) is 17.2 Å². The van der Waals surface area contributed by atoms with Gasteiger partial charge in [-0.15, -0.1) is 0 Å². The van der Waals surface area contributed by atoms with Crippen LogP contribution in [0.3, 0.4) is 0 Å². The van der Waals surface area contributed by atoms with Crippen molar-refractivity contribution < 1.29 is 14.2 Å². The third-order valence-corrected chi connectivity index (χ3v) is 2.82. The van der Waals surface area contributed by atoms with E-state index >= 15 is 0 Å². The van der Waals surface area contributed by atoms with Gasteiger partial charge in [0.2, 0.25) is 5.75 Å². The zero-order chi connectivity index (χ0) is 13.7. The van der Waals surface area contributed by atoms with E-state index in [0.717, 1.165) is 12.2 Å². The number of hydrogen-bond donors (Lipinski definition) is 2. The second-order valence-corrected chi connectivity index (χ2v) is 3.99. The smallest absolute Gasteiger partial charge is 0.203 e. The average molecular weight is 262 g/mol. The van der Waals surface area contributed by atoms with E-state index in [1.807, 2.05) is 30.6 Å². The summed E-state index contributed by atoms with van der Waals surface area (Å²) in [4.78, 5) is 3.02. The highest BCUT2D eigenvalue weighted by Crippen LogP contribution is 2.39. The Morgan fingerprint density at radius 3 is 2.21 bits per heavy atom. The Hall–Kier alpha value is -2.30. The van der Waals surface area contributed by atoms with Crippen molar-refractivity contribution in [1.82, 2.24) is 4.98 Å². The molecular formula is C14H18N2O3. The Kier molecular flexibility index (Phi) is 4.18. The molecule has 5 heteroatoms. The zero-order valence-corrected chi connectivity index (χ0v) is 11.3. The van der Waals surface area contributed by atoms with Crippen LogP contribution in [0.25, 0.3) is 0 Å². The number of ether oxygens (including phenoxy) is 3. The Labute approximate surface area is 112 Å². The summed E-state index contributed by atoms with van der Waals surface area (Å²) < 4.78 is 15.9. The summed E-state index contributed by atoms with van der Waals surface area (Å²) in [5.74, 6) is 1.87. The van der Waals surface area contributed by atoms with Gasteiger partial charge in [0.1, 0.15) is 0 Å². The first-order chi connectivity index (χ1) is 9.28. The fourth-order valence-electron chi connectivity index (χ4n) is 1.86. The molecular weight excluding hydrogens is 244 g/mol. The highest BCUT2D eigenvalue weighted by Gasteiger charge is 2.12. The van der Waals surface area contributed by atoms with Crippen LogP contribution in [0.5, 0.6) is 17.2 Å². The van der Waals surface area contributed by atoms with Crippen LogP contribution >= 0.6 is 0 Å². The summed E-state index contributed by atoms with van der Waals surface area (Å²) in [6.45, 7) is 0.724. The number of H-pyrrole nitrogens is 1. The maximum Gasteiger partial charge on any atom is 0.203 e. The van der Waals surface area contributed by atoms with Crippen molar-refractivity contribution in [3.63, 3.8) is 0 Å². The monoisotopic (exact) mass is 262 g/mol. The Morgan fingerprint density at radius 2 is 1.74 bits per heavy atom. The maximum absolute atomic E-state index is 5.31. The molecule has 102 valence electrons. The number of aromatic nitrogens is 1. The number of methoxy groups -OCH3 is 3. The molecule has 0 radical (unpaired) electrons. The van der Waals surface area contributed by atoms with Crippen molar-refractivity contribution in [2.45, 2.75) is 6.54 Å². The van der Waals surface area contributed by atoms with Crippen LogP contribution in [0.1, 0.15) is 5.56 Å². The summed E-state index contributed by atoms with van der Waals surface area (Å²) in [6.07, 6.45) is 3.84. The van der Waals surface area contributed by atoms with Gasteiger partial charge in [-0.2, -0.15) is 0 Å². The first-order valence-electron chi connectivity index (χ1n) is 5.94. The minimum absolute atomic E-state index is 0.595. The quantitative estimate of drug-likeness (QED) is 0.840. The van der Waals surface area contributed by atoms with Crippen molar-refractivity contribution in [3.05, 3.63) is 36.2 Å². The van der Waals surface area contributed by atoms with Gasteiger partial charge in [0.15, 0.2) is 11.5 Å². The van der Waals surface area contributed by atoms with Gasteiger partial charge in [0.25, 0.3) is 0 Å². The lowest BCUT2D eigenvalue weighted by molar-refractivity contribution is 0.324. The predicted octanol–water partition coefficient (Wildman–Crippen LogP) is 2.65. The van der Waals surface area contributed by atoms with Crippen LogP contribution in [0, 0.1) is 0 Å². The summed E-state index contributed by atoms with van der Waals surface area (Å²) in [7, 11) is 4.80. The van der Waals surface area contributed by atoms with Crippen LogP contribution in [-0.2, 0) is 6.54 Å². The van der Waals surface area contributed by atoms with E-state index in [1.54, 1.807) is 21.3 Å². The van der Waals surface area contributed by atoms with E-state index in [0.29, 0.717) is 17.2 Å². The first kappa shape index (κ1) is 13.1. The number of nitrogens with one attached hydrogen (secondary N) is 2. The molecule has 5 nitrogen and oxygen atoms in total. The third kappa shape index (κ3) is 2.93. The topological polar surface area (TPSA) is 55.5 Å². The minimum Gasteiger partial charge on any atom is -0.493 e. The lowest BCUT2D eigenvalue weighted by atomic mass is 10.2. The third-order valence-electron chi connectivity index (χ3n) is 2.82. The molecule has 0 aliphatic heterocycles. The predicted molar refractivity (Wildman–Crippen MR) is 74.2 cm³/mol. The fraction of sp³-hybridized carbons (Fsp3) is 0.286. The van der Waals surface area contributed by atoms with Crippen LogP contribution in [-0.4, -0.2) is 26.3 Å². The molecule has 2 rings (SSSR count). The molecule has 1 aromatic heterocycles. The molecule has 0 saturated carbocycles. The van der Waals surface area contributed by atoms with Crippen LogP contribution in [0.4, 0.5) is 5.69 Å². The van der Waals surface area contributed by atoms with Gasteiger partial charge in [-0.3, -0.25) is 0 Å². The van der Waals surface area contributed by atoms with Gasteiger partial charge in [-0.1, -0.05) is 0 Å². The molecule has 2 aromatic rings. The van der Waals surface area contributed by atoms with Gasteiger partial charge in [-0.25, -0.2) is 0 Å². The van der Waals surface area contributed by atoms with E-state index in [4.69, 9.17) is 14.2 Å². The first-order valence-corrected chi connectivity index (χ1v) is 5.94. The van der Waals surface area contributed by atoms with Gasteiger partial charge in [-0.05, 0) is 11.6 Å². The van der Waals surface area contributed by atoms with E-state index in [2.05, 4.69) is 10.3 Å².